The Morgan fingerprint density at radius 1 is 0.621 bits per heavy atom. The van der Waals surface area contributed by atoms with E-state index in [-0.39, 0.29) is 0 Å². The van der Waals surface area contributed by atoms with Gasteiger partial charge < -0.3 is 0 Å². The van der Waals surface area contributed by atoms with Crippen LogP contribution in [0.25, 0.3) is 10.8 Å². The van der Waals surface area contributed by atoms with Gasteiger partial charge in [-0.05, 0) is 90.5 Å². The molecule has 158 valence electrons. The van der Waals surface area contributed by atoms with Crippen LogP contribution in [0.15, 0.2) is 36.4 Å². The van der Waals surface area contributed by atoms with Crippen LogP contribution in [0, 0.1) is 23.7 Å². The van der Waals surface area contributed by atoms with Gasteiger partial charge in [0.05, 0.1) is 0 Å². The molecule has 2 fully saturated rings. The molecular weight excluding hydrogens is 348 g/mol. The van der Waals surface area contributed by atoms with Crippen LogP contribution in [0.4, 0.5) is 0 Å². The zero-order valence-electron chi connectivity index (χ0n) is 19.0. The second-order valence-electron chi connectivity index (χ2n) is 10.3. The van der Waals surface area contributed by atoms with Crippen LogP contribution in [0.1, 0.15) is 95.6 Å². The van der Waals surface area contributed by atoms with Crippen LogP contribution < -0.4 is 0 Å². The van der Waals surface area contributed by atoms with Gasteiger partial charge in [-0.2, -0.15) is 0 Å². The van der Waals surface area contributed by atoms with E-state index in [1.165, 1.54) is 98.9 Å². The van der Waals surface area contributed by atoms with Gasteiger partial charge in [0.25, 0.3) is 0 Å². The van der Waals surface area contributed by atoms with E-state index in [0.29, 0.717) is 0 Å². The molecule has 0 aromatic heterocycles. The first-order chi connectivity index (χ1) is 14.2. The van der Waals surface area contributed by atoms with E-state index in [0.717, 1.165) is 30.1 Å². The summed E-state index contributed by atoms with van der Waals surface area (Å²) in [6.07, 6.45) is 18.8. The number of rotatable bonds is 7. The molecule has 0 heterocycles. The quantitative estimate of drug-likeness (QED) is 0.443. The summed E-state index contributed by atoms with van der Waals surface area (Å²) in [4.78, 5) is 0. The van der Waals surface area contributed by atoms with E-state index >= 15 is 0 Å². The van der Waals surface area contributed by atoms with Gasteiger partial charge in [0.2, 0.25) is 0 Å². The summed E-state index contributed by atoms with van der Waals surface area (Å²) in [5.74, 6) is 4.16. The van der Waals surface area contributed by atoms with Gasteiger partial charge >= 0.3 is 0 Å². The summed E-state index contributed by atoms with van der Waals surface area (Å²) in [5, 5.41) is 2.82. The molecule has 0 nitrogen and oxygen atoms in total. The minimum absolute atomic E-state index is 0.973. The number of hydrogen-bond donors (Lipinski definition) is 0. The molecule has 0 radical (unpaired) electrons. The Morgan fingerprint density at radius 2 is 1.14 bits per heavy atom. The Labute approximate surface area is 179 Å². The Morgan fingerprint density at radius 3 is 1.69 bits per heavy atom. The maximum Gasteiger partial charge on any atom is -0.0181 e. The molecule has 0 heteroatoms. The van der Waals surface area contributed by atoms with Gasteiger partial charge in [0, 0.05) is 0 Å². The minimum Gasteiger partial charge on any atom is -0.0654 e. The van der Waals surface area contributed by atoms with Crippen molar-refractivity contribution >= 4 is 10.8 Å². The molecule has 29 heavy (non-hydrogen) atoms. The highest BCUT2D eigenvalue weighted by atomic mass is 14.4. The summed E-state index contributed by atoms with van der Waals surface area (Å²) >= 11 is 0. The van der Waals surface area contributed by atoms with Gasteiger partial charge in [0.1, 0.15) is 0 Å². The summed E-state index contributed by atoms with van der Waals surface area (Å²) in [6, 6.07) is 14.1. The molecule has 0 unspecified atom stereocenters. The standard InChI is InChI=1S/C29H42/c1-3-5-23-9-14-26(15-10-23)27-16-11-24(12-17-27)6-7-25-13-19-28-20-22(4-2)8-18-29(28)21-25/h8,13,18-21,23-24,26-27H,3-7,9-12,14-17H2,1-2H3. The molecule has 0 spiro atoms. The highest BCUT2D eigenvalue weighted by molar-refractivity contribution is 5.83. The van der Waals surface area contributed by atoms with Gasteiger partial charge in [-0.15, -0.1) is 0 Å². The van der Waals surface area contributed by atoms with Gasteiger partial charge in [-0.3, -0.25) is 0 Å². The predicted octanol–water partition coefficient (Wildman–Crippen LogP) is 8.75. The second-order valence-corrected chi connectivity index (χ2v) is 10.3. The van der Waals surface area contributed by atoms with E-state index < -0.39 is 0 Å². The molecule has 0 amide bonds. The van der Waals surface area contributed by atoms with E-state index in [4.69, 9.17) is 0 Å². The SMILES string of the molecule is CCCC1CCC(C2CCC(CCc3ccc4cc(CC)ccc4c3)CC2)CC1. The van der Waals surface area contributed by atoms with Gasteiger partial charge in [-0.1, -0.05) is 88.8 Å². The van der Waals surface area contributed by atoms with Crippen LogP contribution >= 0.6 is 0 Å². The lowest BCUT2D eigenvalue weighted by molar-refractivity contribution is 0.141. The van der Waals surface area contributed by atoms with Crippen molar-refractivity contribution in [3.63, 3.8) is 0 Å². The topological polar surface area (TPSA) is 0 Å². The van der Waals surface area contributed by atoms with Gasteiger partial charge in [0.15, 0.2) is 0 Å². The zero-order chi connectivity index (χ0) is 20.1. The van der Waals surface area contributed by atoms with Crippen molar-refractivity contribution in [2.45, 2.75) is 97.3 Å². The minimum atomic E-state index is 0.973. The van der Waals surface area contributed by atoms with Crippen LogP contribution in [-0.2, 0) is 12.8 Å². The molecule has 2 aromatic rings. The Hall–Kier alpha value is -1.30. The molecule has 2 aromatic carbocycles. The van der Waals surface area contributed by atoms with E-state index in [9.17, 15) is 0 Å². The fraction of sp³-hybridized carbons (Fsp3) is 0.655. The number of fused-ring (bicyclic) bond motifs is 1. The smallest absolute Gasteiger partial charge is 0.0181 e. The lowest BCUT2D eigenvalue weighted by atomic mass is 9.68. The third kappa shape index (κ3) is 5.44. The van der Waals surface area contributed by atoms with Crippen LogP contribution in [-0.4, -0.2) is 0 Å². The Bertz CT molecular complexity index is 757. The summed E-state index contributed by atoms with van der Waals surface area (Å²) < 4.78 is 0. The van der Waals surface area contributed by atoms with Crippen molar-refractivity contribution in [3.8, 4) is 0 Å². The van der Waals surface area contributed by atoms with Crippen molar-refractivity contribution in [2.75, 3.05) is 0 Å². The summed E-state index contributed by atoms with van der Waals surface area (Å²) in [7, 11) is 0. The summed E-state index contributed by atoms with van der Waals surface area (Å²) in [6.45, 7) is 4.59. The first-order valence-corrected chi connectivity index (χ1v) is 12.8. The highest BCUT2D eigenvalue weighted by Crippen LogP contribution is 2.43. The van der Waals surface area contributed by atoms with Crippen molar-refractivity contribution < 1.29 is 0 Å². The predicted molar refractivity (Wildman–Crippen MR) is 127 cm³/mol. The maximum absolute atomic E-state index is 2.44. The molecule has 0 N–H and O–H groups in total. The van der Waals surface area contributed by atoms with Crippen LogP contribution in [0.3, 0.4) is 0 Å². The zero-order valence-corrected chi connectivity index (χ0v) is 19.0. The van der Waals surface area contributed by atoms with E-state index in [1.54, 1.807) is 0 Å². The summed E-state index contributed by atoms with van der Waals surface area (Å²) in [5.41, 5.74) is 2.99. The van der Waals surface area contributed by atoms with Crippen LogP contribution in [0.5, 0.6) is 0 Å². The molecule has 0 saturated heterocycles. The van der Waals surface area contributed by atoms with Crippen molar-refractivity contribution in [2.24, 2.45) is 23.7 Å². The number of benzene rings is 2. The molecular formula is C29H42. The average molecular weight is 391 g/mol. The van der Waals surface area contributed by atoms with E-state index in [2.05, 4.69) is 50.2 Å². The fourth-order valence-electron chi connectivity index (χ4n) is 6.40. The number of aryl methyl sites for hydroxylation is 2. The Kier molecular flexibility index (Phi) is 7.33. The largest absolute Gasteiger partial charge is 0.0654 e. The normalized spacial score (nSPS) is 27.9. The lowest BCUT2D eigenvalue weighted by Crippen LogP contribution is -2.26. The Balaban J connectivity index is 1.22. The molecule has 0 aliphatic heterocycles. The first-order valence-electron chi connectivity index (χ1n) is 12.8. The van der Waals surface area contributed by atoms with Crippen molar-refractivity contribution in [3.05, 3.63) is 47.5 Å². The van der Waals surface area contributed by atoms with Crippen molar-refractivity contribution in [1.82, 2.24) is 0 Å². The molecule has 2 aliphatic carbocycles. The second kappa shape index (κ2) is 10.1. The molecule has 4 rings (SSSR count). The van der Waals surface area contributed by atoms with E-state index in [1.807, 2.05) is 0 Å². The lowest BCUT2D eigenvalue weighted by Gasteiger charge is -2.38. The average Bonchev–Trinajstić information content (AvgIpc) is 2.78. The van der Waals surface area contributed by atoms with Crippen LogP contribution in [0.2, 0.25) is 0 Å². The fourth-order valence-corrected chi connectivity index (χ4v) is 6.40. The molecule has 0 atom stereocenters. The first kappa shape index (κ1) is 21.0. The molecule has 2 aliphatic rings. The monoisotopic (exact) mass is 390 g/mol. The molecule has 0 bridgehead atoms. The van der Waals surface area contributed by atoms with Gasteiger partial charge in [-0.25, -0.2) is 0 Å². The maximum atomic E-state index is 2.44. The highest BCUT2D eigenvalue weighted by Gasteiger charge is 2.30. The third-order valence-corrected chi connectivity index (χ3v) is 8.36. The third-order valence-electron chi connectivity index (χ3n) is 8.36. The molecule has 2 saturated carbocycles. The number of hydrogen-bond acceptors (Lipinski definition) is 0. The van der Waals surface area contributed by atoms with Crippen molar-refractivity contribution in [1.29, 1.82) is 0 Å².